The first-order valence-corrected chi connectivity index (χ1v) is 3.93. The molecule has 0 nitrogen and oxygen atoms in total. The fourth-order valence-electron chi connectivity index (χ4n) is 2.14. The highest BCUT2D eigenvalue weighted by Gasteiger charge is 2.52. The molecule has 0 saturated heterocycles. The van der Waals surface area contributed by atoms with E-state index in [2.05, 4.69) is 6.92 Å². The van der Waals surface area contributed by atoms with E-state index in [4.69, 9.17) is 0 Å². The molecule has 0 heterocycles. The van der Waals surface area contributed by atoms with Gasteiger partial charge in [-0.05, 0) is 30.6 Å². The Morgan fingerprint density at radius 3 is 2.56 bits per heavy atom. The quantitative estimate of drug-likeness (QED) is 0.470. The number of rotatable bonds is 0. The van der Waals surface area contributed by atoms with Crippen LogP contribution in [0.15, 0.2) is 0 Å². The molecular formula is C8H13F. The van der Waals surface area contributed by atoms with Gasteiger partial charge in [-0.1, -0.05) is 13.3 Å². The van der Waals surface area contributed by atoms with Crippen molar-refractivity contribution in [3.63, 3.8) is 0 Å². The predicted octanol–water partition coefficient (Wildman–Crippen LogP) is 2.39. The van der Waals surface area contributed by atoms with Crippen LogP contribution >= 0.6 is 0 Å². The van der Waals surface area contributed by atoms with Crippen LogP contribution in [-0.2, 0) is 0 Å². The molecule has 1 heteroatoms. The molecule has 4 unspecified atom stereocenters. The molecule has 0 N–H and O–H groups in total. The van der Waals surface area contributed by atoms with Crippen LogP contribution < -0.4 is 0 Å². The Hall–Kier alpha value is -0.0700. The van der Waals surface area contributed by atoms with Gasteiger partial charge in [-0.3, -0.25) is 0 Å². The summed E-state index contributed by atoms with van der Waals surface area (Å²) < 4.78 is 12.7. The monoisotopic (exact) mass is 128 g/mol. The molecule has 2 saturated carbocycles. The molecule has 52 valence electrons. The second kappa shape index (κ2) is 1.71. The fraction of sp³-hybridized carbons (Fsp3) is 1.00. The first kappa shape index (κ1) is 5.70. The Bertz CT molecular complexity index is 122. The van der Waals surface area contributed by atoms with Gasteiger partial charge in [0.15, 0.2) is 0 Å². The molecule has 2 rings (SSSR count). The van der Waals surface area contributed by atoms with Gasteiger partial charge in [0.25, 0.3) is 0 Å². The van der Waals surface area contributed by atoms with Crippen molar-refractivity contribution in [3.05, 3.63) is 0 Å². The standard InChI is InChI=1S/C8H13F/c1-5-2-3-6-7(4-5)8(6)9/h5-8H,2-4H2,1H3. The third-order valence-electron chi connectivity index (χ3n) is 2.89. The molecule has 2 aliphatic rings. The third-order valence-corrected chi connectivity index (χ3v) is 2.89. The van der Waals surface area contributed by atoms with Crippen LogP contribution in [0.4, 0.5) is 4.39 Å². The summed E-state index contributed by atoms with van der Waals surface area (Å²) in [7, 11) is 0. The van der Waals surface area contributed by atoms with Crippen molar-refractivity contribution in [1.29, 1.82) is 0 Å². The number of halogens is 1. The van der Waals surface area contributed by atoms with Crippen LogP contribution in [0, 0.1) is 17.8 Å². The van der Waals surface area contributed by atoms with Crippen LogP contribution in [-0.4, -0.2) is 6.17 Å². The molecule has 0 radical (unpaired) electrons. The van der Waals surface area contributed by atoms with Crippen LogP contribution in [0.1, 0.15) is 26.2 Å². The van der Waals surface area contributed by atoms with Crippen molar-refractivity contribution in [1.82, 2.24) is 0 Å². The summed E-state index contributed by atoms with van der Waals surface area (Å²) in [6, 6.07) is 0. The lowest BCUT2D eigenvalue weighted by Crippen LogP contribution is -2.03. The lowest BCUT2D eigenvalue weighted by atomic mass is 9.91. The van der Waals surface area contributed by atoms with E-state index in [9.17, 15) is 4.39 Å². The maximum atomic E-state index is 12.7. The van der Waals surface area contributed by atoms with Gasteiger partial charge < -0.3 is 0 Å². The normalized spacial score (nSPS) is 56.7. The molecule has 0 aromatic rings. The molecule has 0 spiro atoms. The summed E-state index contributed by atoms with van der Waals surface area (Å²) in [6.45, 7) is 2.24. The van der Waals surface area contributed by atoms with Crippen molar-refractivity contribution < 1.29 is 4.39 Å². The van der Waals surface area contributed by atoms with Gasteiger partial charge in [0.2, 0.25) is 0 Å². The molecule has 0 amide bonds. The van der Waals surface area contributed by atoms with Crippen LogP contribution in [0.3, 0.4) is 0 Å². The maximum absolute atomic E-state index is 12.7. The van der Waals surface area contributed by atoms with Crippen molar-refractivity contribution >= 4 is 0 Å². The maximum Gasteiger partial charge on any atom is 0.106 e. The average Bonchev–Trinajstić information content (AvgIpc) is 2.43. The summed E-state index contributed by atoms with van der Waals surface area (Å²) in [5.74, 6) is 1.77. The van der Waals surface area contributed by atoms with Crippen LogP contribution in [0.2, 0.25) is 0 Å². The summed E-state index contributed by atoms with van der Waals surface area (Å²) in [4.78, 5) is 0. The van der Waals surface area contributed by atoms with Gasteiger partial charge in [0.1, 0.15) is 6.17 Å². The van der Waals surface area contributed by atoms with Crippen LogP contribution in [0.25, 0.3) is 0 Å². The van der Waals surface area contributed by atoms with Crippen molar-refractivity contribution in [2.75, 3.05) is 0 Å². The van der Waals surface area contributed by atoms with Gasteiger partial charge in [-0.15, -0.1) is 0 Å². The highest BCUT2D eigenvalue weighted by molar-refractivity contribution is 5.00. The van der Waals surface area contributed by atoms with Gasteiger partial charge in [0.05, 0.1) is 0 Å². The van der Waals surface area contributed by atoms with E-state index in [0.29, 0.717) is 11.8 Å². The SMILES string of the molecule is CC1CCC2C(F)C2C1. The van der Waals surface area contributed by atoms with Crippen molar-refractivity contribution in [2.45, 2.75) is 32.4 Å². The molecule has 2 aliphatic carbocycles. The number of alkyl halides is 1. The first-order valence-electron chi connectivity index (χ1n) is 3.93. The van der Waals surface area contributed by atoms with Gasteiger partial charge in [-0.2, -0.15) is 0 Å². The zero-order valence-electron chi connectivity index (χ0n) is 5.81. The molecule has 0 aliphatic heterocycles. The van der Waals surface area contributed by atoms with Crippen molar-refractivity contribution in [2.24, 2.45) is 17.8 Å². The summed E-state index contributed by atoms with van der Waals surface area (Å²) >= 11 is 0. The molecular weight excluding hydrogens is 115 g/mol. The highest BCUT2D eigenvalue weighted by atomic mass is 19.1. The Balaban J connectivity index is 1.96. The minimum absolute atomic E-state index is 0.407. The van der Waals surface area contributed by atoms with Gasteiger partial charge >= 0.3 is 0 Å². The Morgan fingerprint density at radius 1 is 1.22 bits per heavy atom. The fourth-order valence-corrected chi connectivity index (χ4v) is 2.14. The molecule has 0 aromatic carbocycles. The third kappa shape index (κ3) is 0.778. The number of fused-ring (bicyclic) bond motifs is 1. The van der Waals surface area contributed by atoms with E-state index >= 15 is 0 Å². The minimum Gasteiger partial charge on any atom is -0.247 e. The Kier molecular flexibility index (Phi) is 1.08. The summed E-state index contributed by atoms with van der Waals surface area (Å²) in [5.41, 5.74) is 0. The zero-order chi connectivity index (χ0) is 6.43. The molecule has 4 atom stereocenters. The average molecular weight is 128 g/mol. The smallest absolute Gasteiger partial charge is 0.106 e. The molecule has 0 aromatic heterocycles. The lowest BCUT2D eigenvalue weighted by molar-refractivity contribution is 0.367. The Labute approximate surface area is 55.4 Å². The van der Waals surface area contributed by atoms with E-state index in [1.54, 1.807) is 0 Å². The van der Waals surface area contributed by atoms with Crippen molar-refractivity contribution in [3.8, 4) is 0 Å². The second-order valence-corrected chi connectivity index (χ2v) is 3.69. The van der Waals surface area contributed by atoms with E-state index in [-0.39, 0.29) is 0 Å². The molecule has 0 bridgehead atoms. The van der Waals surface area contributed by atoms with E-state index < -0.39 is 6.17 Å². The number of hydrogen-bond acceptors (Lipinski definition) is 0. The number of hydrogen-bond donors (Lipinski definition) is 0. The minimum atomic E-state index is -0.407. The van der Waals surface area contributed by atoms with E-state index in [1.165, 1.54) is 6.42 Å². The van der Waals surface area contributed by atoms with E-state index in [0.717, 1.165) is 18.8 Å². The highest BCUT2D eigenvalue weighted by Crippen LogP contribution is 2.53. The summed E-state index contributed by atoms with van der Waals surface area (Å²) in [5, 5.41) is 0. The van der Waals surface area contributed by atoms with Gasteiger partial charge in [-0.25, -0.2) is 4.39 Å². The van der Waals surface area contributed by atoms with E-state index in [1.807, 2.05) is 0 Å². The summed E-state index contributed by atoms with van der Waals surface area (Å²) in [6.07, 6.45) is 3.18. The zero-order valence-corrected chi connectivity index (χ0v) is 5.81. The van der Waals surface area contributed by atoms with Crippen LogP contribution in [0.5, 0.6) is 0 Å². The predicted molar refractivity (Wildman–Crippen MR) is 34.9 cm³/mol. The largest absolute Gasteiger partial charge is 0.247 e. The topological polar surface area (TPSA) is 0 Å². The molecule has 2 fully saturated rings. The Morgan fingerprint density at radius 2 is 2.00 bits per heavy atom. The molecule has 9 heavy (non-hydrogen) atoms. The lowest BCUT2D eigenvalue weighted by Gasteiger charge is -2.14. The van der Waals surface area contributed by atoms with Gasteiger partial charge in [0, 0.05) is 0 Å². The second-order valence-electron chi connectivity index (χ2n) is 3.69. The first-order chi connectivity index (χ1) is 4.29.